The largest absolute Gasteiger partial charge is 0.460 e. The number of rotatable bonds is 4. The minimum Gasteiger partial charge on any atom is -0.460 e. The van der Waals surface area contributed by atoms with Crippen molar-refractivity contribution >= 4 is 5.97 Å². The van der Waals surface area contributed by atoms with Gasteiger partial charge >= 0.3 is 5.97 Å². The highest BCUT2D eigenvalue weighted by Crippen LogP contribution is 2.13. The first-order valence-electron chi connectivity index (χ1n) is 4.84. The number of ether oxygens (including phenoxy) is 2. The van der Waals surface area contributed by atoms with Gasteiger partial charge in [-0.05, 0) is 32.1 Å². The molecule has 80 valence electrons. The molecule has 0 radical (unpaired) electrons. The summed E-state index contributed by atoms with van der Waals surface area (Å²) < 4.78 is 10.2. The van der Waals surface area contributed by atoms with Crippen LogP contribution in [0.2, 0.25) is 0 Å². The van der Waals surface area contributed by atoms with E-state index in [-0.39, 0.29) is 5.76 Å². The standard InChI is InChI=1S/C12H14O3/c1-3-11(12(13)14-4-2)15-10-8-6-5-7-9-10/h3,5-9H,4H2,1-2H3. The Kier molecular flexibility index (Phi) is 4.41. The van der Waals surface area contributed by atoms with E-state index in [1.165, 1.54) is 0 Å². The van der Waals surface area contributed by atoms with Crippen molar-refractivity contribution in [1.29, 1.82) is 0 Å². The Morgan fingerprint density at radius 3 is 2.53 bits per heavy atom. The molecule has 0 aromatic heterocycles. The molecule has 0 unspecified atom stereocenters. The van der Waals surface area contributed by atoms with Gasteiger partial charge in [0.05, 0.1) is 6.61 Å². The molecule has 0 saturated carbocycles. The van der Waals surface area contributed by atoms with Crippen molar-refractivity contribution in [3.8, 4) is 5.75 Å². The smallest absolute Gasteiger partial charge is 0.373 e. The normalized spacial score (nSPS) is 10.9. The maximum atomic E-state index is 11.4. The topological polar surface area (TPSA) is 35.5 Å². The predicted molar refractivity (Wildman–Crippen MR) is 57.5 cm³/mol. The van der Waals surface area contributed by atoms with E-state index < -0.39 is 5.97 Å². The number of benzene rings is 1. The van der Waals surface area contributed by atoms with Crippen LogP contribution in [-0.2, 0) is 9.53 Å². The van der Waals surface area contributed by atoms with Gasteiger partial charge in [0, 0.05) is 0 Å². The lowest BCUT2D eigenvalue weighted by Gasteiger charge is -2.08. The van der Waals surface area contributed by atoms with Crippen LogP contribution < -0.4 is 4.74 Å². The number of hydrogen-bond donors (Lipinski definition) is 0. The van der Waals surface area contributed by atoms with Crippen LogP contribution >= 0.6 is 0 Å². The van der Waals surface area contributed by atoms with E-state index in [4.69, 9.17) is 9.47 Å². The third-order valence-corrected chi connectivity index (χ3v) is 1.71. The summed E-state index contributed by atoms with van der Waals surface area (Å²) in [6.07, 6.45) is 1.59. The molecule has 15 heavy (non-hydrogen) atoms. The molecule has 0 spiro atoms. The lowest BCUT2D eigenvalue weighted by Crippen LogP contribution is -2.12. The lowest BCUT2D eigenvalue weighted by molar-refractivity contribution is -0.141. The highest BCUT2D eigenvalue weighted by molar-refractivity contribution is 5.86. The summed E-state index contributed by atoms with van der Waals surface area (Å²) in [6, 6.07) is 9.12. The first kappa shape index (κ1) is 11.3. The van der Waals surface area contributed by atoms with Gasteiger partial charge in [0.1, 0.15) is 5.75 Å². The van der Waals surface area contributed by atoms with Crippen LogP contribution in [0.1, 0.15) is 13.8 Å². The van der Waals surface area contributed by atoms with Gasteiger partial charge in [0.15, 0.2) is 0 Å². The zero-order valence-corrected chi connectivity index (χ0v) is 8.90. The first-order valence-corrected chi connectivity index (χ1v) is 4.84. The molecule has 1 rings (SSSR count). The second kappa shape index (κ2) is 5.86. The zero-order valence-electron chi connectivity index (χ0n) is 8.90. The van der Waals surface area contributed by atoms with Crippen molar-refractivity contribution in [2.45, 2.75) is 13.8 Å². The van der Waals surface area contributed by atoms with Crippen molar-refractivity contribution < 1.29 is 14.3 Å². The molecule has 0 amide bonds. The highest BCUT2D eigenvalue weighted by atomic mass is 16.6. The summed E-state index contributed by atoms with van der Waals surface area (Å²) in [5.41, 5.74) is 0. The number of carbonyl (C=O) groups is 1. The Balaban J connectivity index is 2.67. The molecule has 0 N–H and O–H groups in total. The summed E-state index contributed by atoms with van der Waals surface area (Å²) in [6.45, 7) is 3.83. The van der Waals surface area contributed by atoms with E-state index in [2.05, 4.69) is 0 Å². The molecule has 0 saturated heterocycles. The lowest BCUT2D eigenvalue weighted by atomic mass is 10.3. The predicted octanol–water partition coefficient (Wildman–Crippen LogP) is 2.53. The van der Waals surface area contributed by atoms with Crippen molar-refractivity contribution in [3.63, 3.8) is 0 Å². The second-order valence-electron chi connectivity index (χ2n) is 2.79. The molecule has 0 fully saturated rings. The third-order valence-electron chi connectivity index (χ3n) is 1.71. The summed E-state index contributed by atoms with van der Waals surface area (Å²) >= 11 is 0. The summed E-state index contributed by atoms with van der Waals surface area (Å²) in [4.78, 5) is 11.4. The Morgan fingerprint density at radius 1 is 1.33 bits per heavy atom. The fourth-order valence-corrected chi connectivity index (χ4v) is 1.04. The number of carbonyl (C=O) groups excluding carboxylic acids is 1. The number of hydrogen-bond acceptors (Lipinski definition) is 3. The Morgan fingerprint density at radius 2 is 2.00 bits per heavy atom. The van der Waals surface area contributed by atoms with Gasteiger partial charge in [-0.2, -0.15) is 0 Å². The Hall–Kier alpha value is -1.77. The van der Waals surface area contributed by atoms with Gasteiger partial charge in [-0.25, -0.2) is 4.79 Å². The van der Waals surface area contributed by atoms with Crippen LogP contribution in [0.15, 0.2) is 42.2 Å². The Bertz CT molecular complexity index is 341. The van der Waals surface area contributed by atoms with E-state index in [1.807, 2.05) is 18.2 Å². The molecule has 1 aromatic rings. The molecule has 0 atom stereocenters. The molecule has 3 nitrogen and oxygen atoms in total. The van der Waals surface area contributed by atoms with Crippen molar-refractivity contribution in [3.05, 3.63) is 42.2 Å². The average molecular weight is 206 g/mol. The van der Waals surface area contributed by atoms with E-state index in [1.54, 1.807) is 32.1 Å². The minimum atomic E-state index is -0.441. The number of para-hydroxylation sites is 1. The zero-order chi connectivity index (χ0) is 11.1. The summed E-state index contributed by atoms with van der Waals surface area (Å²) in [5.74, 6) is 0.394. The minimum absolute atomic E-state index is 0.211. The summed E-state index contributed by atoms with van der Waals surface area (Å²) in [7, 11) is 0. The molecule has 0 aliphatic heterocycles. The molecular formula is C12H14O3. The monoisotopic (exact) mass is 206 g/mol. The van der Waals surface area contributed by atoms with Crippen molar-refractivity contribution in [2.75, 3.05) is 6.61 Å². The van der Waals surface area contributed by atoms with E-state index in [0.29, 0.717) is 12.4 Å². The average Bonchev–Trinajstić information content (AvgIpc) is 2.27. The molecule has 3 heteroatoms. The fraction of sp³-hybridized carbons (Fsp3) is 0.250. The fourth-order valence-electron chi connectivity index (χ4n) is 1.04. The van der Waals surface area contributed by atoms with Crippen LogP contribution in [0, 0.1) is 0 Å². The van der Waals surface area contributed by atoms with Crippen LogP contribution in [0.3, 0.4) is 0 Å². The number of esters is 1. The van der Waals surface area contributed by atoms with Gasteiger partial charge in [0.25, 0.3) is 0 Å². The maximum Gasteiger partial charge on any atom is 0.373 e. The van der Waals surface area contributed by atoms with Gasteiger partial charge in [-0.15, -0.1) is 0 Å². The molecule has 0 aliphatic carbocycles. The van der Waals surface area contributed by atoms with Gasteiger partial charge < -0.3 is 9.47 Å². The van der Waals surface area contributed by atoms with Gasteiger partial charge in [-0.3, -0.25) is 0 Å². The van der Waals surface area contributed by atoms with Crippen LogP contribution in [0.25, 0.3) is 0 Å². The van der Waals surface area contributed by atoms with E-state index in [9.17, 15) is 4.79 Å². The van der Waals surface area contributed by atoms with Crippen LogP contribution in [-0.4, -0.2) is 12.6 Å². The molecule has 0 aliphatic rings. The molecule has 0 heterocycles. The van der Waals surface area contributed by atoms with Gasteiger partial charge in [0.2, 0.25) is 5.76 Å². The second-order valence-corrected chi connectivity index (χ2v) is 2.79. The van der Waals surface area contributed by atoms with Crippen LogP contribution in [0.5, 0.6) is 5.75 Å². The van der Waals surface area contributed by atoms with E-state index >= 15 is 0 Å². The molecular weight excluding hydrogens is 192 g/mol. The van der Waals surface area contributed by atoms with Crippen molar-refractivity contribution in [2.24, 2.45) is 0 Å². The SMILES string of the molecule is CC=C(Oc1ccccc1)C(=O)OCC. The molecule has 0 bridgehead atoms. The van der Waals surface area contributed by atoms with Gasteiger partial charge in [-0.1, -0.05) is 18.2 Å². The first-order chi connectivity index (χ1) is 7.27. The number of allylic oxidation sites excluding steroid dienone is 1. The quantitative estimate of drug-likeness (QED) is 0.431. The van der Waals surface area contributed by atoms with Crippen LogP contribution in [0.4, 0.5) is 0 Å². The van der Waals surface area contributed by atoms with E-state index in [0.717, 1.165) is 0 Å². The summed E-state index contributed by atoms with van der Waals surface area (Å²) in [5, 5.41) is 0. The maximum absolute atomic E-state index is 11.4. The molecule has 1 aromatic carbocycles. The Labute approximate surface area is 89.3 Å². The van der Waals surface area contributed by atoms with Crippen molar-refractivity contribution in [1.82, 2.24) is 0 Å². The highest BCUT2D eigenvalue weighted by Gasteiger charge is 2.11. The third kappa shape index (κ3) is 3.46.